The number of carbonyl (C=O) groups is 2. The second-order valence-corrected chi connectivity index (χ2v) is 4.34. The molecule has 5 heteroatoms. The lowest BCUT2D eigenvalue weighted by molar-refractivity contribution is -0.140. The van der Waals surface area contributed by atoms with Crippen molar-refractivity contribution in [2.24, 2.45) is 0 Å². The van der Waals surface area contributed by atoms with Gasteiger partial charge in [0, 0.05) is 13.0 Å². The molecule has 0 aliphatic rings. The number of ether oxygens (including phenoxy) is 2. The summed E-state index contributed by atoms with van der Waals surface area (Å²) < 4.78 is 10.2. The molecule has 0 aliphatic heterocycles. The number of hydrogen-bond acceptors (Lipinski definition) is 4. The lowest BCUT2D eigenvalue weighted by Gasteiger charge is -2.13. The second kappa shape index (κ2) is 8.19. The number of methoxy groups -OCH3 is 1. The number of para-hydroxylation sites is 1. The Balaban J connectivity index is 2.68. The molecule has 110 valence electrons. The number of benzene rings is 1. The summed E-state index contributed by atoms with van der Waals surface area (Å²) in [6.45, 7) is 4.68. The van der Waals surface area contributed by atoms with Crippen molar-refractivity contribution in [3.63, 3.8) is 0 Å². The largest absolute Gasteiger partial charge is 0.492 e. The molecule has 1 aromatic carbocycles. The minimum absolute atomic E-state index is 0.154. The van der Waals surface area contributed by atoms with Gasteiger partial charge in [0.05, 0.1) is 19.3 Å². The van der Waals surface area contributed by atoms with Crippen LogP contribution in [0.1, 0.15) is 35.7 Å². The van der Waals surface area contributed by atoms with Crippen LogP contribution >= 0.6 is 0 Å². The van der Waals surface area contributed by atoms with Crippen molar-refractivity contribution >= 4 is 11.9 Å². The van der Waals surface area contributed by atoms with Gasteiger partial charge in [0.2, 0.25) is 0 Å². The van der Waals surface area contributed by atoms with Gasteiger partial charge in [-0.2, -0.15) is 0 Å². The van der Waals surface area contributed by atoms with E-state index in [-0.39, 0.29) is 11.9 Å². The Morgan fingerprint density at radius 2 is 2.05 bits per heavy atom. The molecule has 1 amide bonds. The van der Waals surface area contributed by atoms with Crippen molar-refractivity contribution in [3.05, 3.63) is 29.3 Å². The first kappa shape index (κ1) is 16.0. The van der Waals surface area contributed by atoms with Crippen LogP contribution < -0.4 is 10.1 Å². The molecule has 0 unspecified atom stereocenters. The molecule has 0 bridgehead atoms. The van der Waals surface area contributed by atoms with E-state index in [4.69, 9.17) is 4.74 Å². The van der Waals surface area contributed by atoms with Crippen LogP contribution in [-0.2, 0) is 9.53 Å². The zero-order valence-corrected chi connectivity index (χ0v) is 12.2. The number of amides is 1. The van der Waals surface area contributed by atoms with Gasteiger partial charge in [-0.25, -0.2) is 0 Å². The lowest BCUT2D eigenvalue weighted by atomic mass is 10.1. The van der Waals surface area contributed by atoms with Crippen LogP contribution in [0.2, 0.25) is 0 Å². The predicted molar refractivity (Wildman–Crippen MR) is 75.9 cm³/mol. The molecule has 5 nitrogen and oxygen atoms in total. The maximum Gasteiger partial charge on any atom is 0.305 e. The smallest absolute Gasteiger partial charge is 0.305 e. The number of rotatable bonds is 7. The highest BCUT2D eigenvalue weighted by atomic mass is 16.5. The minimum atomic E-state index is -0.262. The van der Waals surface area contributed by atoms with E-state index in [9.17, 15) is 9.59 Å². The number of nitrogens with one attached hydrogen (secondary N) is 1. The van der Waals surface area contributed by atoms with Crippen molar-refractivity contribution in [1.82, 2.24) is 5.32 Å². The van der Waals surface area contributed by atoms with Crippen LogP contribution in [0.15, 0.2) is 18.2 Å². The third kappa shape index (κ3) is 4.57. The molecular formula is C15H21NO4. The van der Waals surface area contributed by atoms with E-state index in [1.54, 1.807) is 6.07 Å². The van der Waals surface area contributed by atoms with Crippen molar-refractivity contribution in [3.8, 4) is 5.75 Å². The summed E-state index contributed by atoms with van der Waals surface area (Å²) in [4.78, 5) is 22.9. The Labute approximate surface area is 119 Å². The van der Waals surface area contributed by atoms with E-state index in [1.807, 2.05) is 26.0 Å². The molecule has 0 radical (unpaired) electrons. The second-order valence-electron chi connectivity index (χ2n) is 4.34. The standard InChI is InChI=1S/C15H21NO4/c1-4-16-15(18)12-8-5-7-11(2)14(12)20-10-6-9-13(17)19-3/h5,7-8H,4,6,9-10H2,1-3H3,(H,16,18). The van der Waals surface area contributed by atoms with E-state index in [0.717, 1.165) is 5.56 Å². The van der Waals surface area contributed by atoms with Crippen LogP contribution in [0, 0.1) is 6.92 Å². The van der Waals surface area contributed by atoms with E-state index < -0.39 is 0 Å². The first-order valence-corrected chi connectivity index (χ1v) is 6.67. The number of carbonyl (C=O) groups excluding carboxylic acids is 2. The first-order valence-electron chi connectivity index (χ1n) is 6.67. The molecule has 1 rings (SSSR count). The molecule has 20 heavy (non-hydrogen) atoms. The third-order valence-corrected chi connectivity index (χ3v) is 2.79. The maximum absolute atomic E-state index is 11.9. The fraction of sp³-hybridized carbons (Fsp3) is 0.467. The highest BCUT2D eigenvalue weighted by Gasteiger charge is 2.13. The highest BCUT2D eigenvalue weighted by molar-refractivity contribution is 5.97. The van der Waals surface area contributed by atoms with E-state index in [0.29, 0.717) is 37.3 Å². The molecule has 0 aromatic heterocycles. The van der Waals surface area contributed by atoms with Gasteiger partial charge < -0.3 is 14.8 Å². The molecule has 0 fully saturated rings. The van der Waals surface area contributed by atoms with Crippen LogP contribution in [-0.4, -0.2) is 32.1 Å². The Morgan fingerprint density at radius 3 is 2.70 bits per heavy atom. The average molecular weight is 279 g/mol. The van der Waals surface area contributed by atoms with Crippen LogP contribution in [0.4, 0.5) is 0 Å². The topological polar surface area (TPSA) is 64.6 Å². The molecule has 1 aromatic rings. The van der Waals surface area contributed by atoms with Crippen LogP contribution in [0.5, 0.6) is 5.75 Å². The average Bonchev–Trinajstić information content (AvgIpc) is 2.44. The summed E-state index contributed by atoms with van der Waals surface area (Å²) in [6.07, 6.45) is 0.856. The monoisotopic (exact) mass is 279 g/mol. The van der Waals surface area contributed by atoms with Gasteiger partial charge >= 0.3 is 5.97 Å². The summed E-state index contributed by atoms with van der Waals surface area (Å²) in [5.74, 6) is 0.157. The molecular weight excluding hydrogens is 258 g/mol. The first-order chi connectivity index (χ1) is 9.60. The molecule has 0 heterocycles. The Kier molecular flexibility index (Phi) is 6.56. The molecule has 0 atom stereocenters. The summed E-state index contributed by atoms with van der Waals surface area (Å²) in [7, 11) is 1.36. The van der Waals surface area contributed by atoms with E-state index >= 15 is 0 Å². The maximum atomic E-state index is 11.9. The summed E-state index contributed by atoms with van der Waals surface area (Å²) in [5, 5.41) is 2.75. The van der Waals surface area contributed by atoms with Crippen molar-refractivity contribution in [2.45, 2.75) is 26.7 Å². The SMILES string of the molecule is CCNC(=O)c1cccc(C)c1OCCCC(=O)OC. The van der Waals surface area contributed by atoms with E-state index in [1.165, 1.54) is 7.11 Å². The van der Waals surface area contributed by atoms with Gasteiger partial charge in [0.15, 0.2) is 0 Å². The number of hydrogen-bond donors (Lipinski definition) is 1. The molecule has 0 spiro atoms. The Hall–Kier alpha value is -2.04. The van der Waals surface area contributed by atoms with Crippen molar-refractivity contribution < 1.29 is 19.1 Å². The predicted octanol–water partition coefficient (Wildman–Crippen LogP) is 2.08. The normalized spacial score (nSPS) is 9.95. The van der Waals surface area contributed by atoms with Gasteiger partial charge in [-0.1, -0.05) is 12.1 Å². The molecule has 1 N–H and O–H groups in total. The van der Waals surface area contributed by atoms with Crippen LogP contribution in [0.25, 0.3) is 0 Å². The fourth-order valence-corrected chi connectivity index (χ4v) is 1.77. The van der Waals surface area contributed by atoms with Crippen molar-refractivity contribution in [2.75, 3.05) is 20.3 Å². The number of esters is 1. The lowest BCUT2D eigenvalue weighted by Crippen LogP contribution is -2.23. The quantitative estimate of drug-likeness (QED) is 0.613. The zero-order chi connectivity index (χ0) is 15.0. The number of aryl methyl sites for hydroxylation is 1. The van der Waals surface area contributed by atoms with Crippen LogP contribution in [0.3, 0.4) is 0 Å². The molecule has 0 aliphatic carbocycles. The summed E-state index contributed by atoms with van der Waals surface area (Å²) >= 11 is 0. The zero-order valence-electron chi connectivity index (χ0n) is 12.2. The summed E-state index contributed by atoms with van der Waals surface area (Å²) in [5.41, 5.74) is 1.41. The Bertz CT molecular complexity index is 471. The van der Waals surface area contributed by atoms with Crippen molar-refractivity contribution in [1.29, 1.82) is 0 Å². The van der Waals surface area contributed by atoms with Gasteiger partial charge in [-0.3, -0.25) is 9.59 Å². The Morgan fingerprint density at radius 1 is 1.30 bits per heavy atom. The van der Waals surface area contributed by atoms with Gasteiger partial charge in [0.1, 0.15) is 5.75 Å². The third-order valence-electron chi connectivity index (χ3n) is 2.79. The van der Waals surface area contributed by atoms with Gasteiger partial charge in [-0.05, 0) is 31.9 Å². The van der Waals surface area contributed by atoms with Gasteiger partial charge in [0.25, 0.3) is 5.91 Å². The molecule has 0 saturated carbocycles. The minimum Gasteiger partial charge on any atom is -0.492 e. The van der Waals surface area contributed by atoms with Gasteiger partial charge in [-0.15, -0.1) is 0 Å². The fourth-order valence-electron chi connectivity index (χ4n) is 1.77. The molecule has 0 saturated heterocycles. The highest BCUT2D eigenvalue weighted by Crippen LogP contribution is 2.23. The summed E-state index contributed by atoms with van der Waals surface area (Å²) in [6, 6.07) is 5.44. The van der Waals surface area contributed by atoms with E-state index in [2.05, 4.69) is 10.1 Å².